The number of hydrogen-bond donors (Lipinski definition) is 2. The zero-order chi connectivity index (χ0) is 13.8. The summed E-state index contributed by atoms with van der Waals surface area (Å²) in [5, 5.41) is 22.4. The number of nitrogens with two attached hydrogens (primary N) is 1. The maximum atomic E-state index is 10.7. The molecule has 7 nitrogen and oxygen atoms in total. The molecule has 0 saturated carbocycles. The number of nitrogens with one attached hydrogen (secondary N) is 1. The summed E-state index contributed by atoms with van der Waals surface area (Å²) in [6, 6.07) is 11.1. The Balaban J connectivity index is 2.33. The number of nitrogen functional groups attached to an aromatic ring is 1. The summed E-state index contributed by atoms with van der Waals surface area (Å²) in [5.41, 5.74) is 6.43. The number of anilines is 3. The van der Waals surface area contributed by atoms with Crippen molar-refractivity contribution in [1.29, 1.82) is 5.26 Å². The lowest BCUT2D eigenvalue weighted by Gasteiger charge is -2.06. The van der Waals surface area contributed by atoms with E-state index < -0.39 is 4.92 Å². The number of hydrogen-bond acceptors (Lipinski definition) is 6. The number of pyridine rings is 1. The second kappa shape index (κ2) is 5.01. The molecule has 19 heavy (non-hydrogen) atoms. The van der Waals surface area contributed by atoms with Crippen molar-refractivity contribution in [3.63, 3.8) is 0 Å². The van der Waals surface area contributed by atoms with Crippen LogP contribution in [0.2, 0.25) is 0 Å². The molecule has 1 aromatic carbocycles. The summed E-state index contributed by atoms with van der Waals surface area (Å²) in [6.07, 6.45) is 0. The van der Waals surface area contributed by atoms with Gasteiger partial charge in [-0.3, -0.25) is 10.1 Å². The van der Waals surface area contributed by atoms with Crippen LogP contribution in [0, 0.1) is 21.4 Å². The molecule has 0 aliphatic rings. The zero-order valence-corrected chi connectivity index (χ0v) is 9.70. The van der Waals surface area contributed by atoms with E-state index in [4.69, 9.17) is 11.0 Å². The van der Waals surface area contributed by atoms with Crippen LogP contribution in [0.4, 0.5) is 23.0 Å². The van der Waals surface area contributed by atoms with Gasteiger partial charge in [-0.05, 0) is 18.2 Å². The predicted molar refractivity (Wildman–Crippen MR) is 69.7 cm³/mol. The quantitative estimate of drug-likeness (QED) is 0.641. The molecule has 0 atom stereocenters. The van der Waals surface area contributed by atoms with Gasteiger partial charge in [-0.2, -0.15) is 5.26 Å². The Hall–Kier alpha value is -3.14. The van der Waals surface area contributed by atoms with Gasteiger partial charge in [-0.25, -0.2) is 4.98 Å². The average molecular weight is 255 g/mol. The standard InChI is InChI=1S/C12H9N5O2/c13-7-8-2-1-3-9(4-8)15-12-6-10(17(18)19)5-11(14)16-12/h1-6H,(H3,14,15,16). The Bertz CT molecular complexity index is 678. The molecular formula is C12H9N5O2. The predicted octanol–water partition coefficient (Wildman–Crippen LogP) is 2.19. The van der Waals surface area contributed by atoms with Crippen molar-refractivity contribution in [2.24, 2.45) is 0 Å². The normalized spacial score (nSPS) is 9.63. The molecule has 0 fully saturated rings. The molecule has 7 heteroatoms. The zero-order valence-electron chi connectivity index (χ0n) is 9.70. The lowest BCUT2D eigenvalue weighted by Crippen LogP contribution is -2.00. The minimum Gasteiger partial charge on any atom is -0.383 e. The third kappa shape index (κ3) is 2.95. The van der Waals surface area contributed by atoms with Crippen molar-refractivity contribution in [2.45, 2.75) is 0 Å². The molecule has 0 amide bonds. The second-order valence-corrected chi connectivity index (χ2v) is 3.71. The molecular weight excluding hydrogens is 246 g/mol. The van der Waals surface area contributed by atoms with E-state index in [9.17, 15) is 10.1 Å². The molecule has 0 unspecified atom stereocenters. The van der Waals surface area contributed by atoms with E-state index in [2.05, 4.69) is 10.3 Å². The van der Waals surface area contributed by atoms with Crippen LogP contribution in [0.3, 0.4) is 0 Å². The number of aromatic nitrogens is 1. The Morgan fingerprint density at radius 2 is 2.16 bits per heavy atom. The molecule has 0 bridgehead atoms. The highest BCUT2D eigenvalue weighted by atomic mass is 16.6. The first-order valence-corrected chi connectivity index (χ1v) is 5.27. The number of nitrogens with zero attached hydrogens (tertiary/aromatic N) is 3. The Morgan fingerprint density at radius 1 is 1.37 bits per heavy atom. The maximum absolute atomic E-state index is 10.7. The van der Waals surface area contributed by atoms with Crippen LogP contribution < -0.4 is 11.1 Å². The van der Waals surface area contributed by atoms with E-state index in [0.717, 1.165) is 0 Å². The van der Waals surface area contributed by atoms with E-state index in [1.165, 1.54) is 12.1 Å². The van der Waals surface area contributed by atoms with Gasteiger partial charge in [0.2, 0.25) is 0 Å². The first kappa shape index (κ1) is 12.3. The summed E-state index contributed by atoms with van der Waals surface area (Å²) in [7, 11) is 0. The highest BCUT2D eigenvalue weighted by molar-refractivity contribution is 5.62. The minimum atomic E-state index is -0.547. The Kier molecular flexibility index (Phi) is 3.25. The van der Waals surface area contributed by atoms with Gasteiger partial charge in [0.05, 0.1) is 28.7 Å². The largest absolute Gasteiger partial charge is 0.383 e. The summed E-state index contributed by atoms with van der Waals surface area (Å²) in [6.45, 7) is 0. The summed E-state index contributed by atoms with van der Waals surface area (Å²) in [4.78, 5) is 14.1. The molecule has 2 aromatic rings. The van der Waals surface area contributed by atoms with E-state index in [1.807, 2.05) is 6.07 Å². The fourth-order valence-electron chi connectivity index (χ4n) is 1.52. The molecule has 0 aliphatic heterocycles. The van der Waals surface area contributed by atoms with Gasteiger partial charge in [-0.1, -0.05) is 6.07 Å². The molecule has 0 saturated heterocycles. The van der Waals surface area contributed by atoms with Crippen LogP contribution in [0.25, 0.3) is 0 Å². The van der Waals surface area contributed by atoms with Gasteiger partial charge in [0.1, 0.15) is 11.6 Å². The fraction of sp³-hybridized carbons (Fsp3) is 0. The Labute approximate surface area is 108 Å². The maximum Gasteiger partial charge on any atom is 0.276 e. The number of benzene rings is 1. The van der Waals surface area contributed by atoms with Crippen molar-refractivity contribution in [1.82, 2.24) is 4.98 Å². The topological polar surface area (TPSA) is 118 Å². The van der Waals surface area contributed by atoms with Gasteiger partial charge < -0.3 is 11.1 Å². The highest BCUT2D eigenvalue weighted by Crippen LogP contribution is 2.22. The van der Waals surface area contributed by atoms with Gasteiger partial charge in [0.25, 0.3) is 5.69 Å². The number of nitro groups is 1. The molecule has 1 heterocycles. The molecule has 0 aliphatic carbocycles. The van der Waals surface area contributed by atoms with Crippen LogP contribution in [-0.4, -0.2) is 9.91 Å². The van der Waals surface area contributed by atoms with E-state index >= 15 is 0 Å². The molecule has 2 rings (SSSR count). The molecule has 3 N–H and O–H groups in total. The smallest absolute Gasteiger partial charge is 0.276 e. The summed E-state index contributed by atoms with van der Waals surface area (Å²) < 4.78 is 0. The Morgan fingerprint density at radius 3 is 2.84 bits per heavy atom. The first-order chi connectivity index (χ1) is 9.08. The third-order valence-electron chi connectivity index (χ3n) is 2.30. The van der Waals surface area contributed by atoms with Crippen molar-refractivity contribution >= 4 is 23.0 Å². The SMILES string of the molecule is N#Cc1cccc(Nc2cc([N+](=O)[O-])cc(N)n2)c1. The summed E-state index contributed by atoms with van der Waals surface area (Å²) in [5.74, 6) is 0.301. The van der Waals surface area contributed by atoms with Crippen LogP contribution in [0.1, 0.15) is 5.56 Å². The van der Waals surface area contributed by atoms with E-state index in [0.29, 0.717) is 11.3 Å². The van der Waals surface area contributed by atoms with Crippen LogP contribution in [0.5, 0.6) is 0 Å². The van der Waals surface area contributed by atoms with Crippen molar-refractivity contribution in [3.8, 4) is 6.07 Å². The highest BCUT2D eigenvalue weighted by Gasteiger charge is 2.10. The number of rotatable bonds is 3. The first-order valence-electron chi connectivity index (χ1n) is 5.27. The van der Waals surface area contributed by atoms with Crippen LogP contribution in [0.15, 0.2) is 36.4 Å². The lowest BCUT2D eigenvalue weighted by atomic mass is 10.2. The number of nitriles is 1. The molecule has 0 radical (unpaired) electrons. The van der Waals surface area contributed by atoms with E-state index in [-0.39, 0.29) is 17.3 Å². The summed E-state index contributed by atoms with van der Waals surface area (Å²) >= 11 is 0. The lowest BCUT2D eigenvalue weighted by molar-refractivity contribution is -0.384. The fourth-order valence-corrected chi connectivity index (χ4v) is 1.52. The average Bonchev–Trinajstić information content (AvgIpc) is 2.38. The van der Waals surface area contributed by atoms with Gasteiger partial charge in [-0.15, -0.1) is 0 Å². The molecule has 1 aromatic heterocycles. The van der Waals surface area contributed by atoms with E-state index in [1.54, 1.807) is 24.3 Å². The van der Waals surface area contributed by atoms with Crippen molar-refractivity contribution in [3.05, 3.63) is 52.1 Å². The monoisotopic (exact) mass is 255 g/mol. The third-order valence-corrected chi connectivity index (χ3v) is 2.30. The minimum absolute atomic E-state index is 0.0492. The van der Waals surface area contributed by atoms with Crippen LogP contribution in [-0.2, 0) is 0 Å². The molecule has 94 valence electrons. The van der Waals surface area contributed by atoms with Crippen LogP contribution >= 0.6 is 0 Å². The van der Waals surface area contributed by atoms with Crippen molar-refractivity contribution < 1.29 is 4.92 Å². The van der Waals surface area contributed by atoms with Gasteiger partial charge in [0.15, 0.2) is 0 Å². The molecule has 0 spiro atoms. The second-order valence-electron chi connectivity index (χ2n) is 3.71. The van der Waals surface area contributed by atoms with Gasteiger partial charge >= 0.3 is 0 Å². The van der Waals surface area contributed by atoms with Crippen molar-refractivity contribution in [2.75, 3.05) is 11.1 Å². The van der Waals surface area contributed by atoms with Gasteiger partial charge in [0, 0.05) is 5.69 Å².